The largest absolute Gasteiger partial charge is 0.344 e. The van der Waals surface area contributed by atoms with E-state index in [1.807, 2.05) is 0 Å². The summed E-state index contributed by atoms with van der Waals surface area (Å²) >= 11 is 0. The third-order valence-electron chi connectivity index (χ3n) is 11.4. The van der Waals surface area contributed by atoms with Crippen LogP contribution in [0.4, 0.5) is 11.4 Å². The Morgan fingerprint density at radius 2 is 1.47 bits per heavy atom. The van der Waals surface area contributed by atoms with Gasteiger partial charge in [-0.3, -0.25) is 0 Å². The van der Waals surface area contributed by atoms with Gasteiger partial charge in [-0.25, -0.2) is 0 Å². The number of hydrogen-bond acceptors (Lipinski definition) is 1. The van der Waals surface area contributed by atoms with E-state index in [9.17, 15) is 0 Å². The third kappa shape index (κ3) is 5.40. The fourth-order valence-electron chi connectivity index (χ4n) is 8.54. The highest BCUT2D eigenvalue weighted by atomic mass is 15.2. The molecule has 47 heavy (non-hydrogen) atoms. The molecule has 0 radical (unpaired) electrons. The molecule has 0 N–H and O–H groups in total. The molecule has 1 atom stereocenters. The molecule has 0 aromatic heterocycles. The molecular formula is C45H51N2+. The fourth-order valence-corrected chi connectivity index (χ4v) is 8.54. The second-order valence-electron chi connectivity index (χ2n) is 15.2. The van der Waals surface area contributed by atoms with Crippen LogP contribution in [0, 0.1) is 5.92 Å². The Morgan fingerprint density at radius 1 is 0.787 bits per heavy atom. The molecule has 3 aliphatic rings. The maximum Gasteiger partial charge on any atom is 0.210 e. The van der Waals surface area contributed by atoms with Gasteiger partial charge in [-0.1, -0.05) is 107 Å². The van der Waals surface area contributed by atoms with Crippen molar-refractivity contribution in [3.8, 4) is 0 Å². The molecule has 7 rings (SSSR count). The molecule has 0 fully saturated rings. The molecule has 0 spiro atoms. The lowest BCUT2D eigenvalue weighted by Crippen LogP contribution is -2.27. The molecule has 2 heteroatoms. The van der Waals surface area contributed by atoms with Gasteiger partial charge < -0.3 is 4.90 Å². The van der Waals surface area contributed by atoms with Gasteiger partial charge in [0.2, 0.25) is 5.69 Å². The molecule has 4 aromatic carbocycles. The van der Waals surface area contributed by atoms with E-state index in [0.717, 1.165) is 19.4 Å². The van der Waals surface area contributed by atoms with E-state index >= 15 is 0 Å². The first-order valence-corrected chi connectivity index (χ1v) is 17.8. The van der Waals surface area contributed by atoms with Crippen LogP contribution in [0.3, 0.4) is 0 Å². The molecule has 0 amide bonds. The summed E-state index contributed by atoms with van der Waals surface area (Å²) in [5.74, 6) is 0.714. The Balaban J connectivity index is 1.21. The topological polar surface area (TPSA) is 6.25 Å². The van der Waals surface area contributed by atoms with Crippen LogP contribution in [0.15, 0.2) is 120 Å². The lowest BCUT2D eigenvalue weighted by molar-refractivity contribution is -0.401. The number of benzene rings is 4. The van der Waals surface area contributed by atoms with Crippen molar-refractivity contribution in [3.05, 3.63) is 131 Å². The van der Waals surface area contributed by atoms with Gasteiger partial charge in [0.15, 0.2) is 5.71 Å². The Labute approximate surface area is 282 Å². The highest BCUT2D eigenvalue weighted by molar-refractivity contribution is 6.07. The zero-order valence-electron chi connectivity index (χ0n) is 29.5. The maximum absolute atomic E-state index is 2.63. The van der Waals surface area contributed by atoms with Crippen molar-refractivity contribution in [2.24, 2.45) is 5.92 Å². The van der Waals surface area contributed by atoms with Crippen molar-refractivity contribution in [1.82, 2.24) is 0 Å². The molecule has 2 nitrogen and oxygen atoms in total. The minimum absolute atomic E-state index is 0.0638. The summed E-state index contributed by atoms with van der Waals surface area (Å²) in [5.41, 5.74) is 11.1. The van der Waals surface area contributed by atoms with Gasteiger partial charge in [0.05, 0.1) is 5.41 Å². The van der Waals surface area contributed by atoms with Crippen molar-refractivity contribution in [2.75, 3.05) is 18.5 Å². The number of anilines is 1. The molecule has 1 aliphatic carbocycles. The van der Waals surface area contributed by atoms with Gasteiger partial charge in [-0.15, -0.1) is 0 Å². The lowest BCUT2D eigenvalue weighted by atomic mass is 9.79. The predicted octanol–water partition coefficient (Wildman–Crippen LogP) is 11.7. The molecule has 1 unspecified atom stereocenters. The van der Waals surface area contributed by atoms with E-state index in [-0.39, 0.29) is 10.8 Å². The summed E-state index contributed by atoms with van der Waals surface area (Å²) < 4.78 is 2.40. The average Bonchev–Trinajstić information content (AvgIpc) is 3.42. The number of fused-ring (bicyclic) bond motifs is 6. The SMILES string of the molecule is CCC(C)CCN1/C(=C/C=C2C=C(/C=C/C3=[N+](C)c4ccc5ccccc5c4C3(C)C)CCC/2)C(C)(C)c2c1ccc1ccccc21. The standard InChI is InChI=1S/C45H51N2/c1-8-31(2)28-29-47-39-25-23-35-17-10-12-19-37(35)43(39)45(5,6)41(47)27-21-33-15-13-14-32(30-33)20-26-40-44(3,4)42-36-18-11-9-16-34(36)22-24-38(42)46(40)7/h9-12,16-27,30-31H,8,13-15,28-29H2,1-7H3/q+1. The number of allylic oxidation sites excluding steroid dienone is 8. The van der Waals surface area contributed by atoms with Crippen LogP contribution in [-0.2, 0) is 10.8 Å². The molecule has 0 saturated heterocycles. The van der Waals surface area contributed by atoms with Crippen LogP contribution in [0.5, 0.6) is 0 Å². The monoisotopic (exact) mass is 619 g/mol. The summed E-state index contributed by atoms with van der Waals surface area (Å²) in [4.78, 5) is 2.63. The maximum atomic E-state index is 2.63. The molecule has 0 saturated carbocycles. The summed E-state index contributed by atoms with van der Waals surface area (Å²) in [6.45, 7) is 15.4. The van der Waals surface area contributed by atoms with Gasteiger partial charge in [-0.2, -0.15) is 4.58 Å². The van der Waals surface area contributed by atoms with Crippen molar-refractivity contribution in [2.45, 2.75) is 84.5 Å². The Morgan fingerprint density at radius 3 is 2.19 bits per heavy atom. The van der Waals surface area contributed by atoms with Crippen LogP contribution >= 0.6 is 0 Å². The highest BCUT2D eigenvalue weighted by Gasteiger charge is 2.44. The number of hydrogen-bond donors (Lipinski definition) is 0. The van der Waals surface area contributed by atoms with E-state index in [0.29, 0.717) is 5.92 Å². The second-order valence-corrected chi connectivity index (χ2v) is 15.2. The first-order valence-electron chi connectivity index (χ1n) is 17.8. The molecule has 4 aromatic rings. The average molecular weight is 620 g/mol. The van der Waals surface area contributed by atoms with Gasteiger partial charge >= 0.3 is 0 Å². The summed E-state index contributed by atoms with van der Waals surface area (Å²) in [7, 11) is 2.23. The Bertz CT molecular complexity index is 2030. The van der Waals surface area contributed by atoms with Gasteiger partial charge in [-0.05, 0) is 102 Å². The summed E-state index contributed by atoms with van der Waals surface area (Å²) in [5, 5.41) is 5.40. The first kappa shape index (κ1) is 31.4. The van der Waals surface area contributed by atoms with Crippen LogP contribution < -0.4 is 4.90 Å². The van der Waals surface area contributed by atoms with Crippen LogP contribution in [0.2, 0.25) is 0 Å². The molecule has 2 heterocycles. The molecule has 240 valence electrons. The normalized spacial score (nSPS) is 20.9. The van der Waals surface area contributed by atoms with Gasteiger partial charge in [0.1, 0.15) is 7.05 Å². The summed E-state index contributed by atoms with van der Waals surface area (Å²) in [6, 6.07) is 27.0. The molecule has 0 bridgehead atoms. The van der Waals surface area contributed by atoms with Crippen molar-refractivity contribution < 1.29 is 4.58 Å². The van der Waals surface area contributed by atoms with E-state index in [1.54, 1.807) is 0 Å². The minimum Gasteiger partial charge on any atom is -0.344 e. The van der Waals surface area contributed by atoms with E-state index in [2.05, 4.69) is 161 Å². The first-order chi connectivity index (χ1) is 22.6. The Kier molecular flexibility index (Phi) is 8.11. The summed E-state index contributed by atoms with van der Waals surface area (Å²) in [6.07, 6.45) is 18.0. The van der Waals surface area contributed by atoms with E-state index < -0.39 is 0 Å². The third-order valence-corrected chi connectivity index (χ3v) is 11.4. The van der Waals surface area contributed by atoms with Crippen molar-refractivity contribution in [1.29, 1.82) is 0 Å². The second kappa shape index (κ2) is 12.1. The number of rotatable bonds is 7. The van der Waals surface area contributed by atoms with Crippen molar-refractivity contribution >= 4 is 38.6 Å². The highest BCUT2D eigenvalue weighted by Crippen LogP contribution is 2.51. The van der Waals surface area contributed by atoms with Crippen molar-refractivity contribution in [3.63, 3.8) is 0 Å². The van der Waals surface area contributed by atoms with Crippen LogP contribution in [0.25, 0.3) is 21.5 Å². The van der Waals surface area contributed by atoms with Gasteiger partial charge in [0, 0.05) is 41.1 Å². The molecule has 2 aliphatic heterocycles. The quantitative estimate of drug-likeness (QED) is 0.187. The minimum atomic E-state index is -0.0711. The van der Waals surface area contributed by atoms with Crippen LogP contribution in [0.1, 0.15) is 84.8 Å². The smallest absolute Gasteiger partial charge is 0.210 e. The zero-order chi connectivity index (χ0) is 32.9. The Hall–Kier alpha value is -4.17. The fraction of sp³-hybridized carbons (Fsp3) is 0.356. The van der Waals surface area contributed by atoms with E-state index in [1.165, 1.54) is 85.9 Å². The van der Waals surface area contributed by atoms with Gasteiger partial charge in [0.25, 0.3) is 0 Å². The lowest BCUT2D eigenvalue weighted by Gasteiger charge is -2.28. The zero-order valence-corrected chi connectivity index (χ0v) is 29.5. The van der Waals surface area contributed by atoms with Crippen LogP contribution in [-0.4, -0.2) is 23.9 Å². The van der Waals surface area contributed by atoms with E-state index in [4.69, 9.17) is 0 Å². The predicted molar refractivity (Wildman–Crippen MR) is 203 cm³/mol. The molecular weight excluding hydrogens is 569 g/mol. The number of nitrogens with zero attached hydrogens (tertiary/aromatic N) is 2.